The molecule has 3 atom stereocenters. The number of allylic oxidation sites excluding steroid dienone is 1. The average molecular weight is 625 g/mol. The second kappa shape index (κ2) is 12.8. The number of rotatable bonds is 14. The lowest BCUT2D eigenvalue weighted by molar-refractivity contribution is -0.142. The SMILES string of the molecule is C=CCCCCS(=O)(=O)NC(C)(C)c1ccc2c(n1)[N+](C)(CC=C)C(C1=NC3C=C(C(=O)OC(C)C)C=C(OC)C3N1C)=C2. The third-order valence-electron chi connectivity index (χ3n) is 8.14. The minimum Gasteiger partial charge on any atom is -0.499 e. The quantitative estimate of drug-likeness (QED) is 0.140. The third-order valence-corrected chi connectivity index (χ3v) is 9.79. The Balaban J connectivity index is 1.67. The molecule has 44 heavy (non-hydrogen) atoms. The van der Waals surface area contributed by atoms with E-state index in [2.05, 4.69) is 35.9 Å². The maximum Gasteiger partial charge on any atom is 0.338 e. The van der Waals surface area contributed by atoms with Gasteiger partial charge >= 0.3 is 5.97 Å². The predicted molar refractivity (Wildman–Crippen MR) is 176 cm³/mol. The highest BCUT2D eigenvalue weighted by atomic mass is 32.2. The summed E-state index contributed by atoms with van der Waals surface area (Å²) in [5.74, 6) is 1.79. The third kappa shape index (κ3) is 6.60. The maximum atomic E-state index is 12.9. The number of sulfonamides is 1. The van der Waals surface area contributed by atoms with Crippen LogP contribution in [0, 0.1) is 0 Å². The number of fused-ring (bicyclic) bond motifs is 2. The van der Waals surface area contributed by atoms with E-state index in [1.54, 1.807) is 19.3 Å². The minimum atomic E-state index is -3.53. The Morgan fingerprint density at radius 2 is 1.93 bits per heavy atom. The lowest BCUT2D eigenvalue weighted by atomic mass is 9.96. The van der Waals surface area contributed by atoms with Crippen molar-refractivity contribution in [2.75, 3.05) is 33.5 Å². The van der Waals surface area contributed by atoms with Gasteiger partial charge in [0.25, 0.3) is 0 Å². The molecule has 0 amide bonds. The van der Waals surface area contributed by atoms with Gasteiger partial charge in [-0.05, 0) is 77.3 Å². The summed E-state index contributed by atoms with van der Waals surface area (Å²) in [4.78, 5) is 25.0. The molecule has 2 aliphatic heterocycles. The van der Waals surface area contributed by atoms with Crippen molar-refractivity contribution in [1.82, 2.24) is 19.1 Å². The second-order valence-corrected chi connectivity index (χ2v) is 14.3. The number of hydrogen-bond acceptors (Lipinski definition) is 8. The zero-order valence-electron chi connectivity index (χ0n) is 27.0. The largest absolute Gasteiger partial charge is 0.499 e. The molecule has 0 bridgehead atoms. The lowest BCUT2D eigenvalue weighted by Gasteiger charge is -2.34. The number of nitrogens with one attached hydrogen (secondary N) is 1. The number of nitrogens with zero attached hydrogens (tertiary/aromatic N) is 4. The molecule has 1 aromatic rings. The molecule has 0 spiro atoms. The first-order chi connectivity index (χ1) is 20.7. The Labute approximate surface area is 262 Å². The van der Waals surface area contributed by atoms with E-state index < -0.39 is 21.5 Å². The fourth-order valence-corrected chi connectivity index (χ4v) is 7.55. The van der Waals surface area contributed by atoms with Crippen LogP contribution < -0.4 is 9.21 Å². The van der Waals surface area contributed by atoms with E-state index in [0.29, 0.717) is 30.0 Å². The lowest BCUT2D eigenvalue weighted by Crippen LogP contribution is -2.50. The number of carbonyl (C=O) groups excluding carboxylic acids is 1. The first-order valence-electron chi connectivity index (χ1n) is 15.0. The Kier molecular flexibility index (Phi) is 9.72. The van der Waals surface area contributed by atoms with Gasteiger partial charge in [0.15, 0.2) is 11.5 Å². The molecule has 1 aromatic heterocycles. The van der Waals surface area contributed by atoms with Gasteiger partial charge in [0.2, 0.25) is 15.8 Å². The van der Waals surface area contributed by atoms with E-state index >= 15 is 0 Å². The first kappa shape index (κ1) is 33.4. The van der Waals surface area contributed by atoms with Crippen LogP contribution in [0.1, 0.15) is 58.2 Å². The average Bonchev–Trinajstić information content (AvgIpc) is 3.42. The standard InChI is InChI=1S/C33H46N5O5S/c1-10-12-13-14-18-44(40,41)36-33(5,6)28-16-15-23-20-26(38(8,17-11-2)31(23)35-28)30-34-25-19-24(32(39)43-22(3)4)21-27(42-9)29(25)37(30)7/h10-11,15-16,19-22,25,29,36H,1-2,12-14,17-18H2,3-9H3/q+1. The zero-order chi connectivity index (χ0) is 32.4. The van der Waals surface area contributed by atoms with Crippen molar-refractivity contribution >= 4 is 33.7 Å². The second-order valence-electron chi connectivity index (χ2n) is 12.5. The van der Waals surface area contributed by atoms with Crippen molar-refractivity contribution in [3.8, 4) is 0 Å². The van der Waals surface area contributed by atoms with Gasteiger partial charge < -0.3 is 14.4 Å². The first-order valence-corrected chi connectivity index (χ1v) is 16.7. The van der Waals surface area contributed by atoms with E-state index in [4.69, 9.17) is 19.5 Å². The Hall–Kier alpha value is -3.54. The number of methoxy groups -OCH3 is 1. The molecule has 0 aromatic carbocycles. The van der Waals surface area contributed by atoms with Crippen molar-refractivity contribution in [3.05, 3.63) is 77.9 Å². The molecule has 1 N–H and O–H groups in total. The molecular formula is C33H46N5O5S+. The number of carbonyl (C=O) groups is 1. The van der Waals surface area contributed by atoms with Crippen molar-refractivity contribution < 1.29 is 22.7 Å². The number of aliphatic imine (C=N–C) groups is 1. The van der Waals surface area contributed by atoms with Crippen molar-refractivity contribution in [2.24, 2.45) is 4.99 Å². The maximum absolute atomic E-state index is 12.9. The van der Waals surface area contributed by atoms with E-state index in [1.165, 1.54) is 0 Å². The number of aromatic nitrogens is 1. The van der Waals surface area contributed by atoms with Gasteiger partial charge in [0.1, 0.15) is 18.3 Å². The highest BCUT2D eigenvalue weighted by Crippen LogP contribution is 2.42. The highest BCUT2D eigenvalue weighted by Gasteiger charge is 2.49. The van der Waals surface area contributed by atoms with Crippen LogP contribution in [-0.2, 0) is 29.8 Å². The Morgan fingerprint density at radius 1 is 1.20 bits per heavy atom. The highest BCUT2D eigenvalue weighted by molar-refractivity contribution is 7.89. The molecule has 238 valence electrons. The van der Waals surface area contributed by atoms with Crippen molar-refractivity contribution in [2.45, 2.75) is 70.7 Å². The number of pyridine rings is 1. The van der Waals surface area contributed by atoms with Crippen LogP contribution in [0.15, 0.2) is 71.6 Å². The van der Waals surface area contributed by atoms with Gasteiger partial charge in [-0.2, -0.15) is 4.98 Å². The normalized spacial score (nSPS) is 22.9. The van der Waals surface area contributed by atoms with Gasteiger partial charge in [0, 0.05) is 13.1 Å². The summed E-state index contributed by atoms with van der Waals surface area (Å²) < 4.78 is 40.2. The number of hydrogen-bond donors (Lipinski definition) is 1. The van der Waals surface area contributed by atoms with Gasteiger partial charge in [-0.15, -0.1) is 6.58 Å². The van der Waals surface area contributed by atoms with Crippen molar-refractivity contribution in [3.63, 3.8) is 0 Å². The summed E-state index contributed by atoms with van der Waals surface area (Å²) in [5.41, 5.74) is 1.93. The monoisotopic (exact) mass is 624 g/mol. The summed E-state index contributed by atoms with van der Waals surface area (Å²) in [5, 5.41) is 0. The summed E-state index contributed by atoms with van der Waals surface area (Å²) >= 11 is 0. The molecular weight excluding hydrogens is 578 g/mol. The van der Waals surface area contributed by atoms with Crippen molar-refractivity contribution in [1.29, 1.82) is 0 Å². The number of ether oxygens (including phenoxy) is 2. The number of amidine groups is 1. The molecule has 10 nitrogen and oxygen atoms in total. The van der Waals surface area contributed by atoms with Crippen LogP contribution in [0.25, 0.3) is 6.08 Å². The molecule has 3 unspecified atom stereocenters. The van der Waals surface area contributed by atoms with E-state index in [9.17, 15) is 13.2 Å². The van der Waals surface area contributed by atoms with Crippen LogP contribution in [0.3, 0.4) is 0 Å². The van der Waals surface area contributed by atoms with Gasteiger partial charge in [-0.1, -0.05) is 12.7 Å². The van der Waals surface area contributed by atoms with Gasteiger partial charge in [0.05, 0.1) is 54.4 Å². The predicted octanol–water partition coefficient (Wildman–Crippen LogP) is 4.57. The fraction of sp³-hybridized carbons (Fsp3) is 0.485. The summed E-state index contributed by atoms with van der Waals surface area (Å²) in [7, 11) is 2.09. The molecule has 3 heterocycles. The van der Waals surface area contributed by atoms with E-state index in [0.717, 1.165) is 35.8 Å². The van der Waals surface area contributed by atoms with E-state index in [-0.39, 0.29) is 28.4 Å². The number of quaternary nitrogens is 1. The van der Waals surface area contributed by atoms with Crippen LogP contribution in [0.5, 0.6) is 0 Å². The van der Waals surface area contributed by atoms with Crippen LogP contribution in [0.2, 0.25) is 0 Å². The zero-order valence-corrected chi connectivity index (χ0v) is 27.8. The summed E-state index contributed by atoms with van der Waals surface area (Å²) in [6.45, 7) is 15.5. The molecule has 4 rings (SSSR count). The van der Waals surface area contributed by atoms with Crippen LogP contribution >= 0.6 is 0 Å². The minimum absolute atomic E-state index is 0.0446. The summed E-state index contributed by atoms with van der Waals surface area (Å²) in [6.07, 6.45) is 11.2. The molecule has 1 aliphatic carbocycles. The Morgan fingerprint density at radius 3 is 2.57 bits per heavy atom. The molecule has 3 aliphatic rings. The Bertz CT molecular complexity index is 1560. The van der Waals surface area contributed by atoms with Crippen LogP contribution in [0.4, 0.5) is 5.82 Å². The van der Waals surface area contributed by atoms with E-state index in [1.807, 2.05) is 59.0 Å². The number of unbranched alkanes of at least 4 members (excludes halogenated alkanes) is 2. The topological polar surface area (TPSA) is 110 Å². The number of esters is 1. The summed E-state index contributed by atoms with van der Waals surface area (Å²) in [6, 6.07) is 3.27. The molecule has 0 saturated carbocycles. The van der Waals surface area contributed by atoms with Gasteiger partial charge in [-0.25, -0.2) is 22.4 Å². The fourth-order valence-electron chi connectivity index (χ4n) is 5.98. The van der Waals surface area contributed by atoms with Gasteiger partial charge in [-0.3, -0.25) is 4.99 Å². The molecule has 0 radical (unpaired) electrons. The molecule has 0 fully saturated rings. The molecule has 11 heteroatoms. The molecule has 0 saturated heterocycles. The number of likely N-dealkylation sites (N-methyl/N-ethyl adjacent to an activating group) is 2. The van der Waals surface area contributed by atoms with Crippen LogP contribution in [-0.4, -0.2) is 81.8 Å². The smallest absolute Gasteiger partial charge is 0.338 e.